The summed E-state index contributed by atoms with van der Waals surface area (Å²) in [7, 11) is -2.11. The third-order valence-electron chi connectivity index (χ3n) is 4.14. The van der Waals surface area contributed by atoms with Crippen molar-refractivity contribution >= 4 is 15.9 Å². The maximum absolute atomic E-state index is 12.6. The molecule has 0 saturated heterocycles. The molecule has 2 rings (SSSR count). The molecule has 0 saturated carbocycles. The van der Waals surface area contributed by atoms with Crippen molar-refractivity contribution in [3.63, 3.8) is 0 Å². The molecule has 0 aliphatic heterocycles. The Kier molecular flexibility index (Phi) is 7.53. The number of methoxy groups -OCH3 is 1. The van der Waals surface area contributed by atoms with Crippen molar-refractivity contribution in [2.24, 2.45) is 5.92 Å². The molecule has 1 unspecified atom stereocenters. The van der Waals surface area contributed by atoms with E-state index in [1.807, 2.05) is 44.2 Å². The van der Waals surface area contributed by atoms with Crippen LogP contribution in [-0.2, 0) is 14.8 Å². The molecule has 0 aliphatic rings. The van der Waals surface area contributed by atoms with E-state index in [0.717, 1.165) is 5.56 Å². The largest absolute Gasteiger partial charge is 0.383 e. The Hall–Kier alpha value is -2.22. The summed E-state index contributed by atoms with van der Waals surface area (Å²) in [5.74, 6) is -0.0326. The van der Waals surface area contributed by atoms with Crippen LogP contribution in [0.15, 0.2) is 59.5 Å². The summed E-state index contributed by atoms with van der Waals surface area (Å²) in [6, 6.07) is 15.5. The second-order valence-electron chi connectivity index (χ2n) is 6.52. The average molecular weight is 391 g/mol. The van der Waals surface area contributed by atoms with Crippen LogP contribution in [0.3, 0.4) is 0 Å². The Morgan fingerprint density at radius 3 is 2.22 bits per heavy atom. The molecule has 2 N–H and O–H groups in total. The molecule has 0 bridgehead atoms. The van der Waals surface area contributed by atoms with Gasteiger partial charge in [0.05, 0.1) is 17.5 Å². The Balaban J connectivity index is 2.10. The molecule has 0 aromatic heterocycles. The number of hydrogen-bond donors (Lipinski definition) is 2. The number of sulfonamides is 1. The molecule has 7 heteroatoms. The summed E-state index contributed by atoms with van der Waals surface area (Å²) in [4.78, 5) is 12.7. The molecular formula is C20H26N2O4S. The number of rotatable bonds is 9. The van der Waals surface area contributed by atoms with Crippen LogP contribution in [0.5, 0.6) is 0 Å². The SMILES string of the molecule is COCCNS(=O)(=O)c1ccc(C(=O)NC(c2ccccc2)C(C)C)cc1. The zero-order valence-electron chi connectivity index (χ0n) is 15.8. The van der Waals surface area contributed by atoms with Gasteiger partial charge in [0.15, 0.2) is 0 Å². The Morgan fingerprint density at radius 1 is 1.04 bits per heavy atom. The van der Waals surface area contributed by atoms with Crippen LogP contribution in [-0.4, -0.2) is 34.6 Å². The standard InChI is InChI=1S/C20H26N2O4S/c1-15(2)19(16-7-5-4-6-8-16)22-20(23)17-9-11-18(12-10-17)27(24,25)21-13-14-26-3/h4-12,15,19,21H,13-14H2,1-3H3,(H,22,23). The fourth-order valence-electron chi connectivity index (χ4n) is 2.67. The molecule has 0 fully saturated rings. The van der Waals surface area contributed by atoms with Crippen LogP contribution in [0.1, 0.15) is 35.8 Å². The molecule has 2 aromatic rings. The Morgan fingerprint density at radius 2 is 1.67 bits per heavy atom. The Labute approximate surface area is 161 Å². The van der Waals surface area contributed by atoms with E-state index in [1.54, 1.807) is 0 Å². The summed E-state index contributed by atoms with van der Waals surface area (Å²) in [6.45, 7) is 4.56. The summed E-state index contributed by atoms with van der Waals surface area (Å²) in [5, 5.41) is 3.03. The predicted octanol–water partition coefficient (Wildman–Crippen LogP) is 2.74. The van der Waals surface area contributed by atoms with Gasteiger partial charge in [-0.05, 0) is 35.7 Å². The summed E-state index contributed by atoms with van der Waals surface area (Å²) in [5.41, 5.74) is 1.44. The molecular weight excluding hydrogens is 364 g/mol. The fraction of sp³-hybridized carbons (Fsp3) is 0.350. The van der Waals surface area contributed by atoms with E-state index < -0.39 is 10.0 Å². The predicted molar refractivity (Wildman–Crippen MR) is 105 cm³/mol. The number of carbonyl (C=O) groups excluding carboxylic acids is 1. The Bertz CT molecular complexity index is 834. The second-order valence-corrected chi connectivity index (χ2v) is 8.29. The van der Waals surface area contributed by atoms with Crippen LogP contribution < -0.4 is 10.0 Å². The van der Waals surface area contributed by atoms with Crippen LogP contribution in [0.4, 0.5) is 0 Å². The van der Waals surface area contributed by atoms with Gasteiger partial charge in [0.1, 0.15) is 0 Å². The number of nitrogens with one attached hydrogen (secondary N) is 2. The van der Waals surface area contributed by atoms with Gasteiger partial charge in [-0.15, -0.1) is 0 Å². The molecule has 27 heavy (non-hydrogen) atoms. The minimum atomic E-state index is -3.62. The van der Waals surface area contributed by atoms with Crippen molar-refractivity contribution in [3.05, 3.63) is 65.7 Å². The topological polar surface area (TPSA) is 84.5 Å². The van der Waals surface area contributed by atoms with E-state index in [-0.39, 0.29) is 35.9 Å². The molecule has 0 heterocycles. The first kappa shape index (κ1) is 21.1. The maximum Gasteiger partial charge on any atom is 0.251 e. The molecule has 0 radical (unpaired) electrons. The second kappa shape index (κ2) is 9.64. The van der Waals surface area contributed by atoms with Crippen molar-refractivity contribution < 1.29 is 17.9 Å². The van der Waals surface area contributed by atoms with Crippen LogP contribution >= 0.6 is 0 Å². The quantitative estimate of drug-likeness (QED) is 0.645. The molecule has 146 valence electrons. The number of amides is 1. The van der Waals surface area contributed by atoms with Gasteiger partial charge in [0.2, 0.25) is 10.0 Å². The van der Waals surface area contributed by atoms with Gasteiger partial charge in [0.25, 0.3) is 5.91 Å². The third-order valence-corrected chi connectivity index (χ3v) is 5.61. The first-order valence-electron chi connectivity index (χ1n) is 8.79. The molecule has 6 nitrogen and oxygen atoms in total. The molecule has 0 spiro atoms. The van der Waals surface area contributed by atoms with Crippen LogP contribution in [0.2, 0.25) is 0 Å². The highest BCUT2D eigenvalue weighted by atomic mass is 32.2. The summed E-state index contributed by atoms with van der Waals surface area (Å²) >= 11 is 0. The summed E-state index contributed by atoms with van der Waals surface area (Å²) < 4.78 is 31.6. The van der Waals surface area contributed by atoms with Crippen molar-refractivity contribution in [1.82, 2.24) is 10.0 Å². The molecule has 1 atom stereocenters. The molecule has 1 amide bonds. The number of benzene rings is 2. The van der Waals surface area contributed by atoms with Crippen molar-refractivity contribution in [3.8, 4) is 0 Å². The van der Waals surface area contributed by atoms with Crippen molar-refractivity contribution in [2.75, 3.05) is 20.3 Å². The average Bonchev–Trinajstić information content (AvgIpc) is 2.66. The van der Waals surface area contributed by atoms with Gasteiger partial charge in [-0.25, -0.2) is 13.1 Å². The lowest BCUT2D eigenvalue weighted by atomic mass is 9.95. The zero-order chi connectivity index (χ0) is 19.9. The van der Waals surface area contributed by atoms with Gasteiger partial charge in [0, 0.05) is 19.2 Å². The number of carbonyl (C=O) groups is 1. The minimum absolute atomic E-state index is 0.110. The van der Waals surface area contributed by atoms with Crippen LogP contribution in [0, 0.1) is 5.92 Å². The van der Waals surface area contributed by atoms with E-state index in [0.29, 0.717) is 5.56 Å². The highest BCUT2D eigenvalue weighted by Crippen LogP contribution is 2.22. The smallest absolute Gasteiger partial charge is 0.251 e. The number of hydrogen-bond acceptors (Lipinski definition) is 4. The maximum atomic E-state index is 12.6. The third kappa shape index (κ3) is 5.89. The first-order valence-corrected chi connectivity index (χ1v) is 10.3. The zero-order valence-corrected chi connectivity index (χ0v) is 16.6. The van der Waals surface area contributed by atoms with Crippen LogP contribution in [0.25, 0.3) is 0 Å². The summed E-state index contributed by atoms with van der Waals surface area (Å²) in [6.07, 6.45) is 0. The first-order chi connectivity index (χ1) is 12.8. The lowest BCUT2D eigenvalue weighted by molar-refractivity contribution is 0.0925. The van der Waals surface area contributed by atoms with E-state index in [4.69, 9.17) is 4.74 Å². The fourth-order valence-corrected chi connectivity index (χ4v) is 3.68. The van der Waals surface area contributed by atoms with E-state index in [9.17, 15) is 13.2 Å². The van der Waals surface area contributed by atoms with Gasteiger partial charge in [-0.1, -0.05) is 44.2 Å². The van der Waals surface area contributed by atoms with E-state index in [2.05, 4.69) is 10.0 Å². The van der Waals surface area contributed by atoms with Crippen molar-refractivity contribution in [1.29, 1.82) is 0 Å². The van der Waals surface area contributed by atoms with Crippen molar-refractivity contribution in [2.45, 2.75) is 24.8 Å². The van der Waals surface area contributed by atoms with E-state index >= 15 is 0 Å². The normalized spacial score (nSPS) is 12.7. The number of ether oxygens (including phenoxy) is 1. The van der Waals surface area contributed by atoms with Gasteiger partial charge < -0.3 is 10.1 Å². The lowest BCUT2D eigenvalue weighted by Crippen LogP contribution is -2.32. The molecule has 0 aliphatic carbocycles. The highest BCUT2D eigenvalue weighted by molar-refractivity contribution is 7.89. The minimum Gasteiger partial charge on any atom is -0.383 e. The van der Waals surface area contributed by atoms with Gasteiger partial charge in [-0.2, -0.15) is 0 Å². The van der Waals surface area contributed by atoms with E-state index in [1.165, 1.54) is 31.4 Å². The van der Waals surface area contributed by atoms with Gasteiger partial charge >= 0.3 is 0 Å². The lowest BCUT2D eigenvalue weighted by Gasteiger charge is -2.23. The molecule has 2 aromatic carbocycles. The highest BCUT2D eigenvalue weighted by Gasteiger charge is 2.20. The van der Waals surface area contributed by atoms with Gasteiger partial charge in [-0.3, -0.25) is 4.79 Å². The monoisotopic (exact) mass is 390 g/mol.